The molecule has 0 bridgehead atoms. The van der Waals surface area contributed by atoms with Crippen LogP contribution in [0.1, 0.15) is 31.4 Å². The lowest BCUT2D eigenvalue weighted by Crippen LogP contribution is -2.37. The predicted octanol–water partition coefficient (Wildman–Crippen LogP) is 1.63. The van der Waals surface area contributed by atoms with Crippen LogP contribution < -0.4 is 5.73 Å². The van der Waals surface area contributed by atoms with Crippen molar-refractivity contribution in [3.8, 4) is 11.4 Å². The van der Waals surface area contributed by atoms with Crippen LogP contribution in [0.15, 0.2) is 36.8 Å². The quantitative estimate of drug-likeness (QED) is 0.866. The molecule has 0 spiro atoms. The van der Waals surface area contributed by atoms with Crippen LogP contribution in [0.2, 0.25) is 0 Å². The van der Waals surface area contributed by atoms with Crippen LogP contribution in [0.5, 0.6) is 0 Å². The van der Waals surface area contributed by atoms with Gasteiger partial charge < -0.3 is 10.8 Å². The molecule has 1 aliphatic carbocycles. The highest BCUT2D eigenvalue weighted by Crippen LogP contribution is 2.35. The van der Waals surface area contributed by atoms with Crippen LogP contribution in [0.4, 0.5) is 0 Å². The van der Waals surface area contributed by atoms with E-state index in [1.54, 1.807) is 24.7 Å². The Hall–Kier alpha value is -1.85. The third-order valence-electron chi connectivity index (χ3n) is 3.92. The summed E-state index contributed by atoms with van der Waals surface area (Å²) in [6.45, 7) is 0. The van der Waals surface area contributed by atoms with E-state index in [2.05, 4.69) is 15.0 Å². The molecular formula is C15H18N4O. The van der Waals surface area contributed by atoms with E-state index >= 15 is 0 Å². The Kier molecular flexibility index (Phi) is 3.46. The van der Waals surface area contributed by atoms with E-state index in [1.165, 1.54) is 0 Å². The molecule has 3 N–H and O–H groups in total. The molecule has 1 aliphatic rings. The first-order valence-electron chi connectivity index (χ1n) is 6.89. The van der Waals surface area contributed by atoms with E-state index in [-0.39, 0.29) is 6.04 Å². The van der Waals surface area contributed by atoms with Crippen LogP contribution in [0, 0.1) is 0 Å². The van der Waals surface area contributed by atoms with Gasteiger partial charge in [0.15, 0.2) is 5.82 Å². The van der Waals surface area contributed by atoms with Crippen LogP contribution in [0.25, 0.3) is 11.4 Å². The average molecular weight is 270 g/mol. The van der Waals surface area contributed by atoms with Gasteiger partial charge in [-0.2, -0.15) is 0 Å². The van der Waals surface area contributed by atoms with Gasteiger partial charge in [-0.3, -0.25) is 4.98 Å². The number of pyridine rings is 1. The zero-order chi connectivity index (χ0) is 14.0. The van der Waals surface area contributed by atoms with Crippen LogP contribution >= 0.6 is 0 Å². The van der Waals surface area contributed by atoms with Gasteiger partial charge in [0.25, 0.3) is 0 Å². The molecule has 5 heteroatoms. The zero-order valence-corrected chi connectivity index (χ0v) is 11.2. The third kappa shape index (κ3) is 2.55. The Bertz CT molecular complexity index is 562. The highest BCUT2D eigenvalue weighted by molar-refractivity contribution is 5.52. The molecule has 0 saturated heterocycles. The second kappa shape index (κ2) is 5.26. The second-order valence-corrected chi connectivity index (χ2v) is 5.37. The molecule has 0 aliphatic heterocycles. The second-order valence-electron chi connectivity index (χ2n) is 5.37. The van der Waals surface area contributed by atoms with Gasteiger partial charge in [-0.25, -0.2) is 9.97 Å². The maximum absolute atomic E-state index is 10.7. The standard InChI is InChI=1S/C15H18N4O/c16-12-4-6-15(20,7-5-12)13-3-2-11(10-19-13)14-17-8-1-9-18-14/h1-3,8-10,12,20H,4-7,16H2. The summed E-state index contributed by atoms with van der Waals surface area (Å²) in [7, 11) is 0. The molecule has 20 heavy (non-hydrogen) atoms. The highest BCUT2D eigenvalue weighted by atomic mass is 16.3. The van der Waals surface area contributed by atoms with Gasteiger partial charge in [-0.15, -0.1) is 0 Å². The van der Waals surface area contributed by atoms with Crippen molar-refractivity contribution < 1.29 is 5.11 Å². The Morgan fingerprint density at radius 1 is 1.10 bits per heavy atom. The first-order valence-corrected chi connectivity index (χ1v) is 6.89. The summed E-state index contributed by atoms with van der Waals surface area (Å²) in [5.41, 5.74) is 6.61. The molecule has 104 valence electrons. The first-order chi connectivity index (χ1) is 9.67. The predicted molar refractivity (Wildman–Crippen MR) is 75.6 cm³/mol. The minimum Gasteiger partial charge on any atom is -0.384 e. The monoisotopic (exact) mass is 270 g/mol. The number of nitrogens with two attached hydrogens (primary N) is 1. The van der Waals surface area contributed by atoms with Crippen LogP contribution in [-0.2, 0) is 5.60 Å². The van der Waals surface area contributed by atoms with Crippen molar-refractivity contribution in [1.29, 1.82) is 0 Å². The molecule has 1 fully saturated rings. The number of hydrogen-bond donors (Lipinski definition) is 2. The Morgan fingerprint density at radius 3 is 2.40 bits per heavy atom. The molecular weight excluding hydrogens is 252 g/mol. The van der Waals surface area contributed by atoms with Crippen molar-refractivity contribution in [1.82, 2.24) is 15.0 Å². The van der Waals surface area contributed by atoms with Gasteiger partial charge in [0.05, 0.1) is 5.69 Å². The average Bonchev–Trinajstić information content (AvgIpc) is 2.52. The maximum Gasteiger partial charge on any atom is 0.160 e. The van der Waals surface area contributed by atoms with Gasteiger partial charge in [-0.1, -0.05) is 0 Å². The largest absolute Gasteiger partial charge is 0.384 e. The third-order valence-corrected chi connectivity index (χ3v) is 3.92. The number of rotatable bonds is 2. The van der Waals surface area contributed by atoms with E-state index in [0.29, 0.717) is 24.4 Å². The zero-order valence-electron chi connectivity index (χ0n) is 11.2. The normalized spacial score (nSPS) is 26.4. The van der Waals surface area contributed by atoms with Gasteiger partial charge in [-0.05, 0) is 43.9 Å². The molecule has 2 heterocycles. The molecule has 0 amide bonds. The molecule has 0 aromatic carbocycles. The Labute approximate surface area is 117 Å². The summed E-state index contributed by atoms with van der Waals surface area (Å²) in [5, 5.41) is 10.7. The SMILES string of the molecule is NC1CCC(O)(c2ccc(-c3ncccn3)cn2)CC1. The Morgan fingerprint density at radius 2 is 1.80 bits per heavy atom. The number of nitrogens with zero attached hydrogens (tertiary/aromatic N) is 3. The fourth-order valence-corrected chi connectivity index (χ4v) is 2.62. The molecule has 0 radical (unpaired) electrons. The molecule has 5 nitrogen and oxygen atoms in total. The van der Waals surface area contributed by atoms with Crippen molar-refractivity contribution in [2.24, 2.45) is 5.73 Å². The lowest BCUT2D eigenvalue weighted by molar-refractivity contribution is -0.00885. The number of hydrogen-bond acceptors (Lipinski definition) is 5. The van der Waals surface area contributed by atoms with E-state index in [9.17, 15) is 5.11 Å². The minimum absolute atomic E-state index is 0.201. The molecule has 2 aromatic heterocycles. The van der Waals surface area contributed by atoms with E-state index in [1.807, 2.05) is 12.1 Å². The highest BCUT2D eigenvalue weighted by Gasteiger charge is 2.34. The summed E-state index contributed by atoms with van der Waals surface area (Å²) in [4.78, 5) is 12.8. The minimum atomic E-state index is -0.841. The number of aliphatic hydroxyl groups is 1. The van der Waals surface area contributed by atoms with Gasteiger partial charge >= 0.3 is 0 Å². The summed E-state index contributed by atoms with van der Waals surface area (Å²) in [6.07, 6.45) is 8.13. The van der Waals surface area contributed by atoms with E-state index in [0.717, 1.165) is 18.4 Å². The fraction of sp³-hybridized carbons (Fsp3) is 0.400. The smallest absolute Gasteiger partial charge is 0.160 e. The van der Waals surface area contributed by atoms with Crippen molar-refractivity contribution in [3.63, 3.8) is 0 Å². The van der Waals surface area contributed by atoms with Crippen molar-refractivity contribution in [2.75, 3.05) is 0 Å². The maximum atomic E-state index is 10.7. The first kappa shape index (κ1) is 13.1. The van der Waals surface area contributed by atoms with E-state index in [4.69, 9.17) is 5.73 Å². The van der Waals surface area contributed by atoms with Crippen molar-refractivity contribution >= 4 is 0 Å². The summed E-state index contributed by atoms with van der Waals surface area (Å²) < 4.78 is 0. The molecule has 0 unspecified atom stereocenters. The molecule has 3 rings (SSSR count). The van der Waals surface area contributed by atoms with Crippen LogP contribution in [0.3, 0.4) is 0 Å². The molecule has 0 atom stereocenters. The van der Waals surface area contributed by atoms with E-state index < -0.39 is 5.60 Å². The fourth-order valence-electron chi connectivity index (χ4n) is 2.62. The lowest BCUT2D eigenvalue weighted by atomic mass is 9.80. The Balaban J connectivity index is 1.83. The summed E-state index contributed by atoms with van der Waals surface area (Å²) >= 11 is 0. The number of aromatic nitrogens is 3. The summed E-state index contributed by atoms with van der Waals surface area (Å²) in [6, 6.07) is 5.75. The lowest BCUT2D eigenvalue weighted by Gasteiger charge is -2.34. The van der Waals surface area contributed by atoms with Gasteiger partial charge in [0.2, 0.25) is 0 Å². The molecule has 1 saturated carbocycles. The van der Waals surface area contributed by atoms with Gasteiger partial charge in [0.1, 0.15) is 5.60 Å². The van der Waals surface area contributed by atoms with Gasteiger partial charge in [0, 0.05) is 30.2 Å². The molecule has 2 aromatic rings. The summed E-state index contributed by atoms with van der Waals surface area (Å²) in [5.74, 6) is 0.643. The van der Waals surface area contributed by atoms with Crippen molar-refractivity contribution in [2.45, 2.75) is 37.3 Å². The van der Waals surface area contributed by atoms with Crippen LogP contribution in [-0.4, -0.2) is 26.1 Å². The topological polar surface area (TPSA) is 84.9 Å². The van der Waals surface area contributed by atoms with Crippen molar-refractivity contribution in [3.05, 3.63) is 42.5 Å².